The molecule has 2 heterocycles. The molecule has 0 aliphatic carbocycles. The molecule has 0 saturated carbocycles. The number of ether oxygens (including phenoxy) is 1. The summed E-state index contributed by atoms with van der Waals surface area (Å²) in [4.78, 5) is 19.5. The van der Waals surface area contributed by atoms with Crippen molar-refractivity contribution >= 4 is 5.91 Å². The molecule has 1 N–H and O–H groups in total. The smallest absolute Gasteiger partial charge is 0.227 e. The van der Waals surface area contributed by atoms with E-state index >= 15 is 0 Å². The second-order valence-electron chi connectivity index (χ2n) is 8.57. The minimum absolute atomic E-state index is 0.0133. The number of methoxy groups -OCH3 is 1. The average Bonchev–Trinajstić information content (AvgIpc) is 3.33. The van der Waals surface area contributed by atoms with Gasteiger partial charge in [0.25, 0.3) is 0 Å². The van der Waals surface area contributed by atoms with E-state index in [1.54, 1.807) is 7.11 Å². The van der Waals surface area contributed by atoms with Crippen molar-refractivity contribution < 1.29 is 14.1 Å². The molecule has 4 rings (SSSR count). The summed E-state index contributed by atoms with van der Waals surface area (Å²) in [6.07, 6.45) is 4.39. The second kappa shape index (κ2) is 11.1. The van der Waals surface area contributed by atoms with Gasteiger partial charge in [-0.05, 0) is 50.6 Å². The van der Waals surface area contributed by atoms with E-state index in [0.717, 1.165) is 24.4 Å². The van der Waals surface area contributed by atoms with Crippen LogP contribution in [0, 0.1) is 6.92 Å². The number of nitrogens with zero attached hydrogens (tertiary/aromatic N) is 3. The lowest BCUT2D eigenvalue weighted by Gasteiger charge is -2.35. The first-order chi connectivity index (χ1) is 16.1. The number of hydrogen-bond donors (Lipinski definition) is 1. The molecular weight excluding hydrogens is 416 g/mol. The monoisotopic (exact) mass is 448 g/mol. The number of benzene rings is 2. The van der Waals surface area contributed by atoms with Crippen molar-refractivity contribution in [3.8, 4) is 17.1 Å². The van der Waals surface area contributed by atoms with Crippen LogP contribution < -0.4 is 10.1 Å². The van der Waals surface area contributed by atoms with Crippen LogP contribution in [-0.2, 0) is 11.2 Å². The van der Waals surface area contributed by atoms with Crippen molar-refractivity contribution in [2.45, 2.75) is 45.1 Å². The molecule has 1 aromatic heterocycles. The Balaban J connectivity index is 1.33. The van der Waals surface area contributed by atoms with E-state index in [0.29, 0.717) is 31.1 Å². The Labute approximate surface area is 195 Å². The Bertz CT molecular complexity index is 1020. The molecule has 1 aliphatic heterocycles. The molecule has 1 saturated heterocycles. The van der Waals surface area contributed by atoms with Crippen LogP contribution in [0.2, 0.25) is 0 Å². The fourth-order valence-electron chi connectivity index (χ4n) is 4.21. The van der Waals surface area contributed by atoms with Gasteiger partial charge in [-0.2, -0.15) is 4.98 Å². The molecule has 1 unspecified atom stereocenters. The predicted molar refractivity (Wildman–Crippen MR) is 127 cm³/mol. The zero-order valence-corrected chi connectivity index (χ0v) is 19.4. The van der Waals surface area contributed by atoms with E-state index in [2.05, 4.69) is 32.5 Å². The van der Waals surface area contributed by atoms with Gasteiger partial charge in [-0.15, -0.1) is 0 Å². The van der Waals surface area contributed by atoms with Crippen LogP contribution in [0.25, 0.3) is 11.4 Å². The third-order valence-corrected chi connectivity index (χ3v) is 6.17. The largest absolute Gasteiger partial charge is 0.497 e. The lowest BCUT2D eigenvalue weighted by molar-refractivity contribution is -0.121. The molecule has 7 nitrogen and oxygen atoms in total. The van der Waals surface area contributed by atoms with Gasteiger partial charge in [0.1, 0.15) is 5.75 Å². The molecule has 1 amide bonds. The lowest BCUT2D eigenvalue weighted by atomic mass is 10.0. The van der Waals surface area contributed by atoms with Crippen LogP contribution in [0.4, 0.5) is 0 Å². The number of carbonyl (C=O) groups is 1. The van der Waals surface area contributed by atoms with E-state index in [4.69, 9.17) is 9.26 Å². The third kappa shape index (κ3) is 6.20. The maximum Gasteiger partial charge on any atom is 0.227 e. The van der Waals surface area contributed by atoms with Crippen molar-refractivity contribution in [2.24, 2.45) is 0 Å². The first-order valence-corrected chi connectivity index (χ1v) is 11.7. The maximum atomic E-state index is 12.6. The molecule has 33 heavy (non-hydrogen) atoms. The van der Waals surface area contributed by atoms with E-state index in [-0.39, 0.29) is 11.9 Å². The Morgan fingerprint density at radius 3 is 2.52 bits per heavy atom. The van der Waals surface area contributed by atoms with Crippen LogP contribution in [0.1, 0.15) is 48.7 Å². The van der Waals surface area contributed by atoms with Crippen LogP contribution in [-0.4, -0.2) is 47.7 Å². The summed E-state index contributed by atoms with van der Waals surface area (Å²) in [5.74, 6) is 1.85. The van der Waals surface area contributed by atoms with E-state index in [9.17, 15) is 4.79 Å². The van der Waals surface area contributed by atoms with Gasteiger partial charge in [-0.25, -0.2) is 0 Å². The SMILES string of the molecule is COc1ccc(C(CNC(=O)CCc2nc(-c3ccc(C)cc3)no2)N2CCCCC2)cc1. The topological polar surface area (TPSA) is 80.5 Å². The highest BCUT2D eigenvalue weighted by Crippen LogP contribution is 2.26. The molecular formula is C26H32N4O3. The number of aryl methyl sites for hydroxylation is 2. The number of carbonyl (C=O) groups excluding carboxylic acids is 1. The van der Waals surface area contributed by atoms with Gasteiger partial charge in [-0.3, -0.25) is 9.69 Å². The quantitative estimate of drug-likeness (QED) is 0.525. The highest BCUT2D eigenvalue weighted by molar-refractivity contribution is 5.76. The second-order valence-corrected chi connectivity index (χ2v) is 8.57. The van der Waals surface area contributed by atoms with Gasteiger partial charge in [0.2, 0.25) is 17.6 Å². The Hall–Kier alpha value is -3.19. The summed E-state index contributed by atoms with van der Waals surface area (Å²) in [5, 5.41) is 7.17. The Morgan fingerprint density at radius 1 is 1.09 bits per heavy atom. The number of amides is 1. The first kappa shape index (κ1) is 23.0. The summed E-state index contributed by atoms with van der Waals surface area (Å²) < 4.78 is 10.6. The van der Waals surface area contributed by atoms with Gasteiger partial charge in [0.05, 0.1) is 13.2 Å². The minimum atomic E-state index is -0.0133. The normalized spacial score (nSPS) is 15.2. The highest BCUT2D eigenvalue weighted by Gasteiger charge is 2.23. The van der Waals surface area contributed by atoms with Gasteiger partial charge in [-0.1, -0.05) is 53.5 Å². The zero-order valence-electron chi connectivity index (χ0n) is 19.4. The van der Waals surface area contributed by atoms with E-state index in [1.165, 1.54) is 30.4 Å². The minimum Gasteiger partial charge on any atom is -0.497 e. The van der Waals surface area contributed by atoms with Crippen LogP contribution in [0.3, 0.4) is 0 Å². The van der Waals surface area contributed by atoms with Crippen molar-refractivity contribution in [3.63, 3.8) is 0 Å². The van der Waals surface area contributed by atoms with Crippen LogP contribution in [0.5, 0.6) is 5.75 Å². The molecule has 1 atom stereocenters. The Morgan fingerprint density at radius 2 is 1.82 bits per heavy atom. The standard InChI is InChI=1S/C26H32N4O3/c1-19-6-8-21(9-7-19)26-28-25(33-29-26)15-14-24(31)27-18-23(30-16-4-3-5-17-30)20-10-12-22(32-2)13-11-20/h6-13,23H,3-5,14-18H2,1-2H3,(H,27,31). The summed E-state index contributed by atoms with van der Waals surface area (Å²) in [5.41, 5.74) is 3.28. The fraction of sp³-hybridized carbons (Fsp3) is 0.423. The molecule has 174 valence electrons. The van der Waals surface area contributed by atoms with Crippen molar-refractivity contribution in [3.05, 3.63) is 65.5 Å². The number of piperidine rings is 1. The number of likely N-dealkylation sites (tertiary alicyclic amines) is 1. The summed E-state index contributed by atoms with van der Waals surface area (Å²) in [6.45, 7) is 4.71. The Kier molecular flexibility index (Phi) is 7.73. The van der Waals surface area contributed by atoms with Gasteiger partial charge in [0, 0.05) is 24.9 Å². The lowest BCUT2D eigenvalue weighted by Crippen LogP contribution is -2.40. The molecule has 7 heteroatoms. The van der Waals surface area contributed by atoms with Crippen molar-refractivity contribution in [2.75, 3.05) is 26.7 Å². The van der Waals surface area contributed by atoms with Crippen molar-refractivity contribution in [1.29, 1.82) is 0 Å². The van der Waals surface area contributed by atoms with Crippen LogP contribution >= 0.6 is 0 Å². The van der Waals surface area contributed by atoms with E-state index in [1.807, 2.05) is 43.3 Å². The molecule has 2 aromatic carbocycles. The number of nitrogens with one attached hydrogen (secondary N) is 1. The molecule has 0 bridgehead atoms. The molecule has 1 fully saturated rings. The number of aromatic nitrogens is 2. The fourth-order valence-corrected chi connectivity index (χ4v) is 4.21. The van der Waals surface area contributed by atoms with E-state index < -0.39 is 0 Å². The first-order valence-electron chi connectivity index (χ1n) is 11.7. The van der Waals surface area contributed by atoms with Crippen LogP contribution in [0.15, 0.2) is 53.1 Å². The maximum absolute atomic E-state index is 12.6. The summed E-state index contributed by atoms with van der Waals surface area (Å²) >= 11 is 0. The average molecular weight is 449 g/mol. The molecule has 0 spiro atoms. The summed E-state index contributed by atoms with van der Waals surface area (Å²) in [6, 6.07) is 16.3. The molecule has 1 aliphatic rings. The summed E-state index contributed by atoms with van der Waals surface area (Å²) in [7, 11) is 1.67. The van der Waals surface area contributed by atoms with Gasteiger partial charge >= 0.3 is 0 Å². The third-order valence-electron chi connectivity index (χ3n) is 6.17. The molecule has 3 aromatic rings. The van der Waals surface area contributed by atoms with Crippen molar-refractivity contribution in [1.82, 2.24) is 20.4 Å². The number of hydrogen-bond acceptors (Lipinski definition) is 6. The number of rotatable bonds is 9. The predicted octanol–water partition coefficient (Wildman–Crippen LogP) is 4.33. The molecule has 0 radical (unpaired) electrons. The van der Waals surface area contributed by atoms with Gasteiger partial charge in [0.15, 0.2) is 0 Å². The zero-order chi connectivity index (χ0) is 23.0. The highest BCUT2D eigenvalue weighted by atomic mass is 16.5. The van der Waals surface area contributed by atoms with Gasteiger partial charge < -0.3 is 14.6 Å².